The summed E-state index contributed by atoms with van der Waals surface area (Å²) in [6.45, 7) is 8.81. The van der Waals surface area contributed by atoms with Gasteiger partial charge < -0.3 is 5.32 Å². The highest BCUT2D eigenvalue weighted by Crippen LogP contribution is 2.35. The van der Waals surface area contributed by atoms with Crippen molar-refractivity contribution in [3.05, 3.63) is 0 Å². The van der Waals surface area contributed by atoms with Gasteiger partial charge in [0.05, 0.1) is 0 Å². The summed E-state index contributed by atoms with van der Waals surface area (Å²) in [5, 5.41) is 3.99. The predicted octanol–water partition coefficient (Wildman–Crippen LogP) is 4.45. The van der Waals surface area contributed by atoms with Crippen LogP contribution < -0.4 is 5.32 Å². The van der Waals surface area contributed by atoms with Crippen molar-refractivity contribution in [3.8, 4) is 0 Å². The largest absolute Gasteiger partial charge is 0.312 e. The second-order valence-corrected chi connectivity index (χ2v) is 8.58. The standard InChI is InChI=1S/C20H38N2/c1-3-7-18-12-19(21-13-17-8-5-4-6-9-17)15-22(14-18)20-11-10-16(20)2/h16-21H,3-15H2,1-2H3. The topological polar surface area (TPSA) is 15.3 Å². The molecule has 22 heavy (non-hydrogen) atoms. The van der Waals surface area contributed by atoms with Gasteiger partial charge in [0.1, 0.15) is 0 Å². The van der Waals surface area contributed by atoms with Crippen molar-refractivity contribution in [2.24, 2.45) is 17.8 Å². The van der Waals surface area contributed by atoms with Gasteiger partial charge in [-0.05, 0) is 62.8 Å². The second kappa shape index (κ2) is 8.15. The normalized spacial score (nSPS) is 37.9. The van der Waals surface area contributed by atoms with Crippen LogP contribution in [0.2, 0.25) is 0 Å². The number of hydrogen-bond donors (Lipinski definition) is 1. The number of nitrogens with one attached hydrogen (secondary N) is 1. The Balaban J connectivity index is 1.50. The van der Waals surface area contributed by atoms with Crippen LogP contribution >= 0.6 is 0 Å². The molecule has 2 aliphatic carbocycles. The molecule has 3 aliphatic rings. The molecule has 1 N–H and O–H groups in total. The first-order valence-electron chi connectivity index (χ1n) is 10.2. The van der Waals surface area contributed by atoms with Crippen LogP contribution in [-0.4, -0.2) is 36.6 Å². The van der Waals surface area contributed by atoms with Gasteiger partial charge in [-0.2, -0.15) is 0 Å². The van der Waals surface area contributed by atoms with Gasteiger partial charge in [-0.25, -0.2) is 0 Å². The minimum Gasteiger partial charge on any atom is -0.312 e. The zero-order valence-electron chi connectivity index (χ0n) is 15.0. The Bertz CT molecular complexity index is 324. The molecule has 0 spiro atoms. The van der Waals surface area contributed by atoms with Gasteiger partial charge in [0, 0.05) is 25.2 Å². The Morgan fingerprint density at radius 3 is 2.41 bits per heavy atom. The van der Waals surface area contributed by atoms with E-state index in [1.165, 1.54) is 83.8 Å². The first kappa shape index (κ1) is 16.8. The van der Waals surface area contributed by atoms with Gasteiger partial charge in [-0.1, -0.05) is 39.5 Å². The summed E-state index contributed by atoms with van der Waals surface area (Å²) in [4.78, 5) is 2.86. The van der Waals surface area contributed by atoms with Crippen LogP contribution in [0.1, 0.15) is 78.1 Å². The van der Waals surface area contributed by atoms with Crippen molar-refractivity contribution < 1.29 is 0 Å². The molecule has 2 saturated carbocycles. The molecule has 1 heterocycles. The minimum absolute atomic E-state index is 0.764. The van der Waals surface area contributed by atoms with Crippen molar-refractivity contribution in [1.82, 2.24) is 10.2 Å². The van der Waals surface area contributed by atoms with Crippen molar-refractivity contribution >= 4 is 0 Å². The summed E-state index contributed by atoms with van der Waals surface area (Å²) >= 11 is 0. The predicted molar refractivity (Wildman–Crippen MR) is 95.1 cm³/mol. The summed E-state index contributed by atoms with van der Waals surface area (Å²) in [6, 6.07) is 1.67. The molecule has 0 aromatic heterocycles. The molecule has 2 nitrogen and oxygen atoms in total. The van der Waals surface area contributed by atoms with Crippen LogP contribution in [0.4, 0.5) is 0 Å². The highest BCUT2D eigenvalue weighted by atomic mass is 15.2. The Morgan fingerprint density at radius 2 is 1.77 bits per heavy atom. The van der Waals surface area contributed by atoms with E-state index in [1.807, 2.05) is 0 Å². The lowest BCUT2D eigenvalue weighted by Crippen LogP contribution is -2.57. The Hall–Kier alpha value is -0.0800. The number of piperidine rings is 1. The van der Waals surface area contributed by atoms with Crippen LogP contribution in [0.15, 0.2) is 0 Å². The van der Waals surface area contributed by atoms with E-state index >= 15 is 0 Å². The molecule has 4 atom stereocenters. The molecule has 1 aliphatic heterocycles. The second-order valence-electron chi connectivity index (χ2n) is 8.58. The lowest BCUT2D eigenvalue weighted by molar-refractivity contribution is 0.0202. The fraction of sp³-hybridized carbons (Fsp3) is 1.00. The van der Waals surface area contributed by atoms with E-state index in [-0.39, 0.29) is 0 Å². The maximum absolute atomic E-state index is 3.99. The molecule has 0 amide bonds. The van der Waals surface area contributed by atoms with Crippen LogP contribution in [0.3, 0.4) is 0 Å². The molecule has 0 aromatic carbocycles. The molecule has 128 valence electrons. The molecule has 0 radical (unpaired) electrons. The molecule has 0 aromatic rings. The van der Waals surface area contributed by atoms with E-state index in [0.29, 0.717) is 0 Å². The average Bonchev–Trinajstić information content (AvgIpc) is 2.53. The minimum atomic E-state index is 0.764. The zero-order chi connectivity index (χ0) is 15.4. The molecular weight excluding hydrogens is 268 g/mol. The number of hydrogen-bond acceptors (Lipinski definition) is 2. The van der Waals surface area contributed by atoms with Gasteiger partial charge in [-0.3, -0.25) is 4.90 Å². The quantitative estimate of drug-likeness (QED) is 0.780. The third kappa shape index (κ3) is 4.26. The molecule has 3 rings (SSSR count). The average molecular weight is 307 g/mol. The monoisotopic (exact) mass is 306 g/mol. The van der Waals surface area contributed by atoms with Crippen molar-refractivity contribution in [3.63, 3.8) is 0 Å². The van der Waals surface area contributed by atoms with Crippen LogP contribution in [0.25, 0.3) is 0 Å². The number of nitrogens with zero attached hydrogens (tertiary/aromatic N) is 1. The summed E-state index contributed by atoms with van der Waals surface area (Å²) in [5.41, 5.74) is 0. The lowest BCUT2D eigenvalue weighted by atomic mass is 9.77. The van der Waals surface area contributed by atoms with E-state index in [2.05, 4.69) is 24.1 Å². The lowest BCUT2D eigenvalue weighted by Gasteiger charge is -2.49. The Kier molecular flexibility index (Phi) is 6.21. The molecule has 3 fully saturated rings. The summed E-state index contributed by atoms with van der Waals surface area (Å²) in [5.74, 6) is 2.85. The van der Waals surface area contributed by atoms with Crippen molar-refractivity contribution in [2.75, 3.05) is 19.6 Å². The molecule has 2 heteroatoms. The van der Waals surface area contributed by atoms with Crippen molar-refractivity contribution in [2.45, 2.75) is 90.1 Å². The molecule has 0 bridgehead atoms. The van der Waals surface area contributed by atoms with Crippen LogP contribution in [-0.2, 0) is 0 Å². The van der Waals surface area contributed by atoms with Crippen molar-refractivity contribution in [1.29, 1.82) is 0 Å². The number of rotatable bonds is 6. The smallest absolute Gasteiger partial charge is 0.0198 e. The Morgan fingerprint density at radius 1 is 0.955 bits per heavy atom. The maximum atomic E-state index is 3.99. The highest BCUT2D eigenvalue weighted by molar-refractivity contribution is 4.93. The van der Waals surface area contributed by atoms with Crippen LogP contribution in [0, 0.1) is 17.8 Å². The Labute approximate surface area is 138 Å². The fourth-order valence-corrected chi connectivity index (χ4v) is 5.19. The van der Waals surface area contributed by atoms with Gasteiger partial charge in [0.2, 0.25) is 0 Å². The van der Waals surface area contributed by atoms with Gasteiger partial charge in [0.15, 0.2) is 0 Å². The van der Waals surface area contributed by atoms with E-state index in [0.717, 1.165) is 29.8 Å². The van der Waals surface area contributed by atoms with Crippen LogP contribution in [0.5, 0.6) is 0 Å². The third-order valence-electron chi connectivity index (χ3n) is 6.73. The molecule has 4 unspecified atom stereocenters. The van der Waals surface area contributed by atoms with Gasteiger partial charge >= 0.3 is 0 Å². The van der Waals surface area contributed by atoms with E-state index in [1.54, 1.807) is 0 Å². The third-order valence-corrected chi connectivity index (χ3v) is 6.73. The van der Waals surface area contributed by atoms with E-state index < -0.39 is 0 Å². The fourth-order valence-electron chi connectivity index (χ4n) is 5.19. The molecule has 1 saturated heterocycles. The zero-order valence-corrected chi connectivity index (χ0v) is 15.0. The first-order chi connectivity index (χ1) is 10.8. The first-order valence-corrected chi connectivity index (χ1v) is 10.2. The SMILES string of the molecule is CCCC1CC(NCC2CCCCC2)CN(C2CCC2C)C1. The highest BCUT2D eigenvalue weighted by Gasteiger charge is 2.37. The van der Waals surface area contributed by atoms with E-state index in [9.17, 15) is 0 Å². The summed E-state index contributed by atoms with van der Waals surface area (Å²) in [6.07, 6.45) is 14.5. The summed E-state index contributed by atoms with van der Waals surface area (Å²) in [7, 11) is 0. The summed E-state index contributed by atoms with van der Waals surface area (Å²) < 4.78 is 0. The van der Waals surface area contributed by atoms with Gasteiger partial charge in [0.25, 0.3) is 0 Å². The maximum Gasteiger partial charge on any atom is 0.0198 e. The van der Waals surface area contributed by atoms with E-state index in [4.69, 9.17) is 0 Å². The molecular formula is C20H38N2. The number of likely N-dealkylation sites (tertiary alicyclic amines) is 1. The van der Waals surface area contributed by atoms with Gasteiger partial charge in [-0.15, -0.1) is 0 Å².